The molecular weight excluding hydrogens is 392 g/mol. The van der Waals surface area contributed by atoms with Crippen LogP contribution in [0, 0.1) is 13.8 Å². The van der Waals surface area contributed by atoms with E-state index in [1.165, 1.54) is 5.56 Å². The van der Waals surface area contributed by atoms with E-state index in [0.29, 0.717) is 19.7 Å². The number of aliphatic imine (C=N–C) groups is 1. The standard InChI is InChI=1S/C23H38N6O2/c1-8-29(9-2)12-13-31-21-11-10-19(14-22(21)30-7)15-25-23(24-5)26-16-20-17(3)27-28(6)18(20)4/h10-11,14H,8-9,12-13,15-16H2,1-7H3,(H2,24,25,26). The van der Waals surface area contributed by atoms with Gasteiger partial charge in [-0.1, -0.05) is 19.9 Å². The average molecular weight is 431 g/mol. The third-order valence-corrected chi connectivity index (χ3v) is 5.56. The van der Waals surface area contributed by atoms with E-state index in [9.17, 15) is 0 Å². The maximum atomic E-state index is 5.94. The Morgan fingerprint density at radius 2 is 1.84 bits per heavy atom. The lowest BCUT2D eigenvalue weighted by Gasteiger charge is -2.19. The van der Waals surface area contributed by atoms with Gasteiger partial charge >= 0.3 is 0 Å². The number of methoxy groups -OCH3 is 1. The van der Waals surface area contributed by atoms with Crippen LogP contribution in [-0.2, 0) is 20.1 Å². The highest BCUT2D eigenvalue weighted by Crippen LogP contribution is 2.28. The Morgan fingerprint density at radius 3 is 2.42 bits per heavy atom. The minimum atomic E-state index is 0.626. The van der Waals surface area contributed by atoms with Gasteiger partial charge in [0.15, 0.2) is 17.5 Å². The van der Waals surface area contributed by atoms with Crippen molar-refractivity contribution in [3.63, 3.8) is 0 Å². The van der Waals surface area contributed by atoms with Crippen LogP contribution >= 0.6 is 0 Å². The molecule has 1 heterocycles. The first-order chi connectivity index (χ1) is 14.9. The van der Waals surface area contributed by atoms with Crippen molar-refractivity contribution >= 4 is 5.96 Å². The van der Waals surface area contributed by atoms with Crippen LogP contribution in [-0.4, -0.2) is 61.0 Å². The Kier molecular flexibility index (Phi) is 9.65. The lowest BCUT2D eigenvalue weighted by atomic mass is 10.2. The number of nitrogens with one attached hydrogen (secondary N) is 2. The maximum Gasteiger partial charge on any atom is 0.191 e. The van der Waals surface area contributed by atoms with Crippen LogP contribution in [0.4, 0.5) is 0 Å². The molecule has 0 unspecified atom stereocenters. The molecule has 0 aliphatic carbocycles. The summed E-state index contributed by atoms with van der Waals surface area (Å²) in [7, 11) is 5.40. The highest BCUT2D eigenvalue weighted by Gasteiger charge is 2.11. The van der Waals surface area contributed by atoms with E-state index in [1.807, 2.05) is 36.9 Å². The average Bonchev–Trinajstić information content (AvgIpc) is 3.02. The van der Waals surface area contributed by atoms with Gasteiger partial charge in [0.2, 0.25) is 0 Å². The zero-order valence-corrected chi connectivity index (χ0v) is 20.1. The van der Waals surface area contributed by atoms with Crippen molar-refractivity contribution in [2.45, 2.75) is 40.8 Å². The quantitative estimate of drug-likeness (QED) is 0.422. The molecule has 0 aliphatic heterocycles. The predicted molar refractivity (Wildman–Crippen MR) is 126 cm³/mol. The van der Waals surface area contributed by atoms with Gasteiger partial charge in [0, 0.05) is 45.0 Å². The molecule has 0 radical (unpaired) electrons. The van der Waals surface area contributed by atoms with Crippen LogP contribution in [0.15, 0.2) is 23.2 Å². The van der Waals surface area contributed by atoms with E-state index in [0.717, 1.165) is 54.0 Å². The molecule has 0 atom stereocenters. The molecule has 0 saturated heterocycles. The van der Waals surface area contributed by atoms with Gasteiger partial charge < -0.3 is 25.0 Å². The number of likely N-dealkylation sites (N-methyl/N-ethyl adjacent to an activating group) is 1. The predicted octanol–water partition coefficient (Wildman–Crippen LogP) is 2.63. The minimum Gasteiger partial charge on any atom is -0.493 e. The van der Waals surface area contributed by atoms with Crippen molar-refractivity contribution in [2.24, 2.45) is 12.0 Å². The fourth-order valence-corrected chi connectivity index (χ4v) is 3.42. The number of guanidine groups is 1. The molecule has 31 heavy (non-hydrogen) atoms. The smallest absolute Gasteiger partial charge is 0.191 e. The molecule has 2 rings (SSSR count). The fourth-order valence-electron chi connectivity index (χ4n) is 3.42. The van der Waals surface area contributed by atoms with Gasteiger partial charge in [-0.2, -0.15) is 5.10 Å². The van der Waals surface area contributed by atoms with Crippen LogP contribution < -0.4 is 20.1 Å². The molecule has 8 heteroatoms. The first-order valence-corrected chi connectivity index (χ1v) is 10.9. The molecule has 2 N–H and O–H groups in total. The van der Waals surface area contributed by atoms with Crippen molar-refractivity contribution in [3.05, 3.63) is 40.7 Å². The normalized spacial score (nSPS) is 11.7. The molecule has 8 nitrogen and oxygen atoms in total. The van der Waals surface area contributed by atoms with E-state index < -0.39 is 0 Å². The summed E-state index contributed by atoms with van der Waals surface area (Å²) in [4.78, 5) is 6.66. The van der Waals surface area contributed by atoms with Gasteiger partial charge in [-0.3, -0.25) is 9.67 Å². The molecule has 0 amide bonds. The van der Waals surface area contributed by atoms with Crippen LogP contribution in [0.3, 0.4) is 0 Å². The van der Waals surface area contributed by atoms with Crippen LogP contribution in [0.2, 0.25) is 0 Å². The Bertz CT molecular complexity index is 858. The van der Waals surface area contributed by atoms with Crippen molar-refractivity contribution < 1.29 is 9.47 Å². The van der Waals surface area contributed by atoms with E-state index in [-0.39, 0.29) is 0 Å². The number of benzene rings is 1. The Morgan fingerprint density at radius 1 is 1.13 bits per heavy atom. The van der Waals surface area contributed by atoms with Crippen molar-refractivity contribution in [1.29, 1.82) is 0 Å². The first kappa shape index (κ1) is 24.5. The summed E-state index contributed by atoms with van der Waals surface area (Å²) in [6.07, 6.45) is 0. The van der Waals surface area contributed by atoms with Gasteiger partial charge in [0.25, 0.3) is 0 Å². The zero-order chi connectivity index (χ0) is 22.8. The second-order valence-electron chi connectivity index (χ2n) is 7.41. The molecule has 0 fully saturated rings. The molecule has 2 aromatic rings. The van der Waals surface area contributed by atoms with Gasteiger partial charge in [-0.25, -0.2) is 0 Å². The summed E-state index contributed by atoms with van der Waals surface area (Å²) >= 11 is 0. The summed E-state index contributed by atoms with van der Waals surface area (Å²) in [6, 6.07) is 6.02. The van der Waals surface area contributed by atoms with Crippen LogP contribution in [0.25, 0.3) is 0 Å². The molecule has 1 aromatic carbocycles. The summed E-state index contributed by atoms with van der Waals surface area (Å²) in [6.45, 7) is 13.3. The van der Waals surface area contributed by atoms with Crippen LogP contribution in [0.5, 0.6) is 11.5 Å². The van der Waals surface area contributed by atoms with Crippen LogP contribution in [0.1, 0.15) is 36.4 Å². The van der Waals surface area contributed by atoms with Crippen molar-refractivity contribution in [1.82, 2.24) is 25.3 Å². The monoisotopic (exact) mass is 430 g/mol. The first-order valence-electron chi connectivity index (χ1n) is 10.9. The second-order valence-corrected chi connectivity index (χ2v) is 7.41. The number of nitrogens with zero attached hydrogens (tertiary/aromatic N) is 4. The molecular formula is C23H38N6O2. The lowest BCUT2D eigenvalue weighted by Crippen LogP contribution is -2.36. The van der Waals surface area contributed by atoms with Crippen molar-refractivity contribution in [3.8, 4) is 11.5 Å². The maximum absolute atomic E-state index is 5.94. The highest BCUT2D eigenvalue weighted by molar-refractivity contribution is 5.79. The van der Waals surface area contributed by atoms with Gasteiger partial charge in [-0.05, 0) is 44.6 Å². The number of aryl methyl sites for hydroxylation is 2. The van der Waals surface area contributed by atoms with E-state index in [4.69, 9.17) is 9.47 Å². The highest BCUT2D eigenvalue weighted by atomic mass is 16.5. The summed E-state index contributed by atoms with van der Waals surface area (Å²) in [5.41, 5.74) is 4.47. The van der Waals surface area contributed by atoms with Gasteiger partial charge in [-0.15, -0.1) is 0 Å². The largest absolute Gasteiger partial charge is 0.493 e. The molecule has 0 aliphatic rings. The molecule has 0 spiro atoms. The van der Waals surface area contributed by atoms with Gasteiger partial charge in [0.05, 0.1) is 12.8 Å². The molecule has 172 valence electrons. The third-order valence-electron chi connectivity index (χ3n) is 5.56. The Balaban J connectivity index is 1.91. The number of ether oxygens (including phenoxy) is 2. The second kappa shape index (κ2) is 12.2. The zero-order valence-electron chi connectivity index (χ0n) is 20.1. The topological polar surface area (TPSA) is 75.9 Å². The molecule has 0 saturated carbocycles. The summed E-state index contributed by atoms with van der Waals surface area (Å²) in [5.74, 6) is 2.24. The lowest BCUT2D eigenvalue weighted by molar-refractivity contribution is 0.217. The molecule has 1 aromatic heterocycles. The fraction of sp³-hybridized carbons (Fsp3) is 0.565. The Hall–Kier alpha value is -2.74. The van der Waals surface area contributed by atoms with E-state index in [1.54, 1.807) is 14.2 Å². The minimum absolute atomic E-state index is 0.626. The van der Waals surface area contributed by atoms with Gasteiger partial charge in [0.1, 0.15) is 6.61 Å². The van der Waals surface area contributed by atoms with E-state index in [2.05, 4.69) is 46.4 Å². The number of rotatable bonds is 11. The third kappa shape index (κ3) is 6.89. The number of hydrogen-bond donors (Lipinski definition) is 2. The number of aromatic nitrogens is 2. The summed E-state index contributed by atoms with van der Waals surface area (Å²) in [5, 5.41) is 11.2. The summed E-state index contributed by atoms with van der Waals surface area (Å²) < 4.78 is 13.4. The SMILES string of the molecule is CCN(CC)CCOc1ccc(CNC(=NC)NCc2c(C)nn(C)c2C)cc1OC. The van der Waals surface area contributed by atoms with E-state index >= 15 is 0 Å². The molecule has 0 bridgehead atoms. The van der Waals surface area contributed by atoms with Crippen molar-refractivity contribution in [2.75, 3.05) is 40.4 Å². The number of hydrogen-bond acceptors (Lipinski definition) is 5. The Labute approximate surface area is 186 Å².